The topological polar surface area (TPSA) is 0 Å². The molecule has 0 radical (unpaired) electrons. The number of rotatable bonds is 9. The van der Waals surface area contributed by atoms with E-state index in [-0.39, 0.29) is 0 Å². The van der Waals surface area contributed by atoms with Crippen molar-refractivity contribution in [1.29, 1.82) is 0 Å². The van der Waals surface area contributed by atoms with Crippen LogP contribution in [0.1, 0.15) is 32.8 Å². The second-order valence-corrected chi connectivity index (χ2v) is 10.2. The van der Waals surface area contributed by atoms with Crippen molar-refractivity contribution in [2.75, 3.05) is 0 Å². The molecule has 156 valence electrons. The molecule has 2 rings (SSSR count). The van der Waals surface area contributed by atoms with Crippen molar-refractivity contribution in [3.05, 3.63) is 131 Å². The highest BCUT2D eigenvalue weighted by Crippen LogP contribution is 2.70. The van der Waals surface area contributed by atoms with Crippen LogP contribution in [0.4, 0.5) is 0 Å². The third kappa shape index (κ3) is 5.87. The highest BCUT2D eigenvalue weighted by Gasteiger charge is 2.29. The van der Waals surface area contributed by atoms with E-state index < -0.39 is 10.0 Å². The molecule has 0 bridgehead atoms. The Bertz CT molecular complexity index is 953. The molecule has 0 aliphatic carbocycles. The van der Waals surface area contributed by atoms with E-state index in [1.165, 1.54) is 25.8 Å². The fraction of sp³-hybridized carbons (Fsp3) is 0.172. The minimum Gasteiger partial charge on any atom is -0.143 e. The van der Waals surface area contributed by atoms with Crippen LogP contribution < -0.4 is 0 Å². The predicted molar refractivity (Wildman–Crippen MR) is 137 cm³/mol. The first-order valence-corrected chi connectivity index (χ1v) is 12.1. The van der Waals surface area contributed by atoms with Gasteiger partial charge in [-0.25, -0.2) is 0 Å². The van der Waals surface area contributed by atoms with Crippen LogP contribution in [0, 0.1) is 6.92 Å². The SMILES string of the molecule is C=C/C=C(\C/C=C\C)S(/C=C/C=C(C)\C=C/C)(c1ccccc1)c1ccc(C)cc1. The Balaban J connectivity index is 2.84. The highest BCUT2D eigenvalue weighted by atomic mass is 32.3. The smallest absolute Gasteiger partial charge is 0.00148 e. The maximum atomic E-state index is 4.02. The molecule has 0 fully saturated rings. The summed E-state index contributed by atoms with van der Waals surface area (Å²) in [4.78, 5) is 4.05. The third-order valence-electron chi connectivity index (χ3n) is 4.85. The van der Waals surface area contributed by atoms with Crippen molar-refractivity contribution in [2.24, 2.45) is 0 Å². The molecule has 0 aromatic heterocycles. The molecule has 0 spiro atoms. The molecule has 0 N–H and O–H groups in total. The molecule has 1 atom stereocenters. The van der Waals surface area contributed by atoms with Gasteiger partial charge in [-0.3, -0.25) is 0 Å². The first kappa shape index (κ1) is 23.5. The normalized spacial score (nSPS) is 16.3. The molecule has 0 aliphatic heterocycles. The summed E-state index contributed by atoms with van der Waals surface area (Å²) in [7, 11) is -1.57. The van der Waals surface area contributed by atoms with Gasteiger partial charge in [-0.2, -0.15) is 0 Å². The van der Waals surface area contributed by atoms with Gasteiger partial charge >= 0.3 is 0 Å². The molecule has 0 heterocycles. The van der Waals surface area contributed by atoms with Crippen molar-refractivity contribution in [2.45, 2.75) is 43.9 Å². The Morgan fingerprint density at radius 1 is 0.900 bits per heavy atom. The minimum atomic E-state index is -1.57. The zero-order valence-corrected chi connectivity index (χ0v) is 19.5. The molecule has 30 heavy (non-hydrogen) atoms. The second-order valence-electron chi connectivity index (χ2n) is 7.17. The quantitative estimate of drug-likeness (QED) is 0.283. The van der Waals surface area contributed by atoms with E-state index in [0.29, 0.717) is 0 Å². The summed E-state index contributed by atoms with van der Waals surface area (Å²) in [5.74, 6) is 0. The van der Waals surface area contributed by atoms with Crippen LogP contribution in [0.3, 0.4) is 0 Å². The summed E-state index contributed by atoms with van der Waals surface area (Å²) >= 11 is 0. The van der Waals surface area contributed by atoms with Gasteiger partial charge in [0.05, 0.1) is 0 Å². The molecule has 1 heteroatoms. The van der Waals surface area contributed by atoms with Gasteiger partial charge in [0, 0.05) is 9.79 Å². The van der Waals surface area contributed by atoms with Crippen LogP contribution in [0.5, 0.6) is 0 Å². The van der Waals surface area contributed by atoms with E-state index in [1.54, 1.807) is 0 Å². The molecule has 0 nitrogen and oxygen atoms in total. The average molecular weight is 415 g/mol. The maximum Gasteiger partial charge on any atom is 0.00148 e. The monoisotopic (exact) mass is 414 g/mol. The lowest BCUT2D eigenvalue weighted by molar-refractivity contribution is 1.28. The summed E-state index contributed by atoms with van der Waals surface area (Å²) in [5, 5.41) is 2.42. The zero-order chi connectivity index (χ0) is 21.8. The molecule has 0 aliphatic rings. The molecule has 0 amide bonds. The van der Waals surface area contributed by atoms with Crippen LogP contribution in [0.15, 0.2) is 135 Å². The number of benzene rings is 2. The Kier molecular flexibility index (Phi) is 9.44. The summed E-state index contributed by atoms with van der Waals surface area (Å²) in [6.07, 6.45) is 18.0. The Morgan fingerprint density at radius 2 is 1.57 bits per heavy atom. The lowest BCUT2D eigenvalue weighted by Crippen LogP contribution is -2.03. The van der Waals surface area contributed by atoms with E-state index in [9.17, 15) is 0 Å². The van der Waals surface area contributed by atoms with Crippen molar-refractivity contribution in [1.82, 2.24) is 0 Å². The fourth-order valence-corrected chi connectivity index (χ4v) is 6.87. The summed E-state index contributed by atoms with van der Waals surface area (Å²) < 4.78 is 0. The fourth-order valence-electron chi connectivity index (χ4n) is 3.37. The minimum absolute atomic E-state index is 0.891. The lowest BCUT2D eigenvalue weighted by Gasteiger charge is -2.40. The highest BCUT2D eigenvalue weighted by molar-refractivity contribution is 8.39. The average Bonchev–Trinajstić information content (AvgIpc) is 2.76. The number of hydrogen-bond acceptors (Lipinski definition) is 0. The molecule has 2 aromatic carbocycles. The van der Waals surface area contributed by atoms with Crippen LogP contribution in [0.25, 0.3) is 0 Å². The predicted octanol–water partition coefficient (Wildman–Crippen LogP) is 9.29. The largest absolute Gasteiger partial charge is 0.143 e. The van der Waals surface area contributed by atoms with Gasteiger partial charge in [-0.05, 0) is 68.7 Å². The number of aryl methyl sites for hydroxylation is 1. The van der Waals surface area contributed by atoms with Gasteiger partial charge in [0.25, 0.3) is 0 Å². The van der Waals surface area contributed by atoms with Crippen LogP contribution in [0.2, 0.25) is 0 Å². The van der Waals surface area contributed by atoms with Crippen LogP contribution >= 0.6 is 10.0 Å². The van der Waals surface area contributed by atoms with Gasteiger partial charge in [0.15, 0.2) is 0 Å². The maximum absolute atomic E-state index is 4.02. The van der Waals surface area contributed by atoms with Gasteiger partial charge in [-0.15, -0.1) is 10.0 Å². The number of hydrogen-bond donors (Lipinski definition) is 0. The first-order chi connectivity index (χ1) is 14.6. The zero-order valence-electron chi connectivity index (χ0n) is 18.7. The van der Waals surface area contributed by atoms with Gasteiger partial charge in [0.1, 0.15) is 0 Å². The van der Waals surface area contributed by atoms with Crippen LogP contribution in [-0.4, -0.2) is 0 Å². The summed E-state index contributed by atoms with van der Waals surface area (Å²) in [5.41, 5.74) is 2.51. The number of allylic oxidation sites excluding steroid dienone is 10. The summed E-state index contributed by atoms with van der Waals surface area (Å²) in [6.45, 7) is 12.4. The third-order valence-corrected chi connectivity index (χ3v) is 8.58. The van der Waals surface area contributed by atoms with E-state index in [0.717, 1.165) is 6.42 Å². The van der Waals surface area contributed by atoms with Gasteiger partial charge < -0.3 is 0 Å². The molecular formula is C29H34S. The Morgan fingerprint density at radius 3 is 2.17 bits per heavy atom. The van der Waals surface area contributed by atoms with Gasteiger partial charge in [-0.1, -0.05) is 96.7 Å². The molecule has 0 saturated carbocycles. The van der Waals surface area contributed by atoms with Crippen molar-refractivity contribution >= 4 is 10.0 Å². The Hall–Kier alpha value is -2.77. The van der Waals surface area contributed by atoms with E-state index in [2.05, 4.69) is 137 Å². The molecule has 0 saturated heterocycles. The van der Waals surface area contributed by atoms with E-state index >= 15 is 0 Å². The molecule has 2 aromatic rings. The Labute approximate surface area is 185 Å². The standard InChI is InChI=1S/C29H34S/c1-6-9-17-27(15-8-3)30(28-18-11-10-12-19-28,24-13-16-25(4)14-7-2)29-22-20-26(5)21-23-29/h6-16,18-24H,3,17H2,1-2,4-5H3/b9-6-,14-7-,24-13+,25-16-,27-15+. The summed E-state index contributed by atoms with van der Waals surface area (Å²) in [6, 6.07) is 19.9. The van der Waals surface area contributed by atoms with Crippen molar-refractivity contribution in [3.8, 4) is 0 Å². The van der Waals surface area contributed by atoms with Gasteiger partial charge in [0.2, 0.25) is 0 Å². The molecule has 1 unspecified atom stereocenters. The molecular weight excluding hydrogens is 380 g/mol. The van der Waals surface area contributed by atoms with Crippen molar-refractivity contribution < 1.29 is 0 Å². The second kappa shape index (κ2) is 12.0. The van der Waals surface area contributed by atoms with E-state index in [4.69, 9.17) is 0 Å². The van der Waals surface area contributed by atoms with Crippen molar-refractivity contribution in [3.63, 3.8) is 0 Å². The van der Waals surface area contributed by atoms with E-state index in [1.807, 2.05) is 6.08 Å². The lowest BCUT2D eigenvalue weighted by atomic mass is 10.2. The first-order valence-electron chi connectivity index (χ1n) is 10.4. The van der Waals surface area contributed by atoms with Crippen LogP contribution in [-0.2, 0) is 0 Å².